The summed E-state index contributed by atoms with van der Waals surface area (Å²) in [5.74, 6) is 0.409. The molecule has 0 fully saturated rings. The number of benzene rings is 1. The maximum Gasteiger partial charge on any atom is 0.237 e. The summed E-state index contributed by atoms with van der Waals surface area (Å²) in [6.45, 7) is 2.41. The molecule has 2 rings (SSSR count). The number of rotatable bonds is 7. The number of aromatic nitrogens is 2. The average molecular weight is 392 g/mol. The number of hydrogen-bond donors (Lipinski definition) is 3. The summed E-state index contributed by atoms with van der Waals surface area (Å²) >= 11 is 3.24. The van der Waals surface area contributed by atoms with E-state index in [0.29, 0.717) is 30.4 Å². The van der Waals surface area contributed by atoms with Gasteiger partial charge in [0.25, 0.3) is 0 Å². The molecule has 1 aromatic carbocycles. The minimum Gasteiger partial charge on any atom is -0.368 e. The molecule has 0 bridgehead atoms. The van der Waals surface area contributed by atoms with Gasteiger partial charge in [-0.15, -0.1) is 0 Å². The third-order valence-corrected chi connectivity index (χ3v) is 4.01. The van der Waals surface area contributed by atoms with Crippen molar-refractivity contribution in [3.05, 3.63) is 42.1 Å². The lowest BCUT2D eigenvalue weighted by Gasteiger charge is -2.12. The topological polar surface area (TPSA) is 110 Å². The molecule has 4 N–H and O–H groups in total. The van der Waals surface area contributed by atoms with E-state index in [1.54, 1.807) is 6.07 Å². The average Bonchev–Trinajstić information content (AvgIpc) is 2.58. The van der Waals surface area contributed by atoms with Crippen LogP contribution in [0.25, 0.3) is 11.4 Å². The first-order valence-corrected chi connectivity index (χ1v) is 8.25. The van der Waals surface area contributed by atoms with Gasteiger partial charge in [0.05, 0.1) is 5.69 Å². The zero-order valence-corrected chi connectivity index (χ0v) is 14.7. The highest BCUT2D eigenvalue weighted by molar-refractivity contribution is 9.09. The molecule has 1 unspecified atom stereocenters. The highest BCUT2D eigenvalue weighted by atomic mass is 79.9. The normalized spacial score (nSPS) is 11.6. The highest BCUT2D eigenvalue weighted by Crippen LogP contribution is 2.25. The van der Waals surface area contributed by atoms with Crippen molar-refractivity contribution >= 4 is 33.6 Å². The van der Waals surface area contributed by atoms with E-state index in [2.05, 4.69) is 36.5 Å². The zero-order valence-electron chi connectivity index (χ0n) is 13.1. The van der Waals surface area contributed by atoms with Crippen LogP contribution in [-0.2, 0) is 9.59 Å². The number of anilines is 1. The van der Waals surface area contributed by atoms with Crippen LogP contribution in [-0.4, -0.2) is 34.9 Å². The predicted octanol–water partition coefficient (Wildman–Crippen LogP) is 1.61. The quantitative estimate of drug-likeness (QED) is 0.490. The highest BCUT2D eigenvalue weighted by Gasteiger charge is 2.18. The van der Waals surface area contributed by atoms with Crippen LogP contribution in [0.4, 0.5) is 5.82 Å². The van der Waals surface area contributed by atoms with Crippen molar-refractivity contribution in [3.63, 3.8) is 0 Å². The first-order valence-electron chi connectivity index (χ1n) is 7.33. The van der Waals surface area contributed by atoms with Gasteiger partial charge in [0.15, 0.2) is 5.82 Å². The third kappa shape index (κ3) is 5.02. The molecule has 7 nitrogen and oxygen atoms in total. The van der Waals surface area contributed by atoms with E-state index in [4.69, 9.17) is 5.73 Å². The summed E-state index contributed by atoms with van der Waals surface area (Å²) in [5, 5.41) is 5.80. The van der Waals surface area contributed by atoms with Crippen molar-refractivity contribution in [3.8, 4) is 11.4 Å². The van der Waals surface area contributed by atoms with Crippen molar-refractivity contribution in [1.29, 1.82) is 0 Å². The van der Waals surface area contributed by atoms with Crippen molar-refractivity contribution < 1.29 is 9.59 Å². The molecule has 1 aromatic heterocycles. The maximum absolute atomic E-state index is 11.4. The number of nitrogens with one attached hydrogen (secondary N) is 2. The monoisotopic (exact) mass is 391 g/mol. The van der Waals surface area contributed by atoms with E-state index in [9.17, 15) is 9.59 Å². The van der Waals surface area contributed by atoms with Crippen LogP contribution in [0.3, 0.4) is 0 Å². The van der Waals surface area contributed by atoms with Crippen molar-refractivity contribution in [2.45, 2.75) is 11.8 Å². The SMILES string of the molecule is CC(=O)NCCNc1cc(C(Br)C(N)=O)nc(-c2ccccc2)n1. The molecular weight excluding hydrogens is 374 g/mol. The number of nitrogens with two attached hydrogens (primary N) is 1. The van der Waals surface area contributed by atoms with Gasteiger partial charge in [-0.3, -0.25) is 9.59 Å². The minimum absolute atomic E-state index is 0.0978. The molecule has 0 saturated carbocycles. The molecule has 126 valence electrons. The van der Waals surface area contributed by atoms with Crippen molar-refractivity contribution in [2.75, 3.05) is 18.4 Å². The van der Waals surface area contributed by atoms with Crippen LogP contribution in [0.15, 0.2) is 36.4 Å². The molecule has 0 aliphatic carbocycles. The maximum atomic E-state index is 11.4. The van der Waals surface area contributed by atoms with E-state index in [1.165, 1.54) is 6.92 Å². The third-order valence-electron chi connectivity index (χ3n) is 3.09. The van der Waals surface area contributed by atoms with E-state index >= 15 is 0 Å². The number of carbonyl (C=O) groups excluding carboxylic acids is 2. The summed E-state index contributed by atoms with van der Waals surface area (Å²) in [5.41, 5.74) is 6.65. The molecular formula is C16H18BrN5O2. The largest absolute Gasteiger partial charge is 0.368 e. The Morgan fingerprint density at radius 3 is 2.54 bits per heavy atom. The summed E-state index contributed by atoms with van der Waals surface area (Å²) in [6.07, 6.45) is 0. The van der Waals surface area contributed by atoms with Gasteiger partial charge >= 0.3 is 0 Å². The van der Waals surface area contributed by atoms with Gasteiger partial charge in [-0.25, -0.2) is 9.97 Å². The number of halogens is 1. The van der Waals surface area contributed by atoms with Crippen LogP contribution < -0.4 is 16.4 Å². The first kappa shape index (κ1) is 17.9. The molecule has 0 radical (unpaired) electrons. The standard InChI is InChI=1S/C16H18BrN5O2/c1-10(23)19-7-8-20-13-9-12(14(17)15(18)24)21-16(22-13)11-5-3-2-4-6-11/h2-6,9,14H,7-8H2,1H3,(H2,18,24)(H,19,23)(H,20,21,22). The Bertz CT molecular complexity index is 724. The van der Waals surface area contributed by atoms with Gasteiger partial charge in [0.2, 0.25) is 11.8 Å². The van der Waals surface area contributed by atoms with Gasteiger partial charge in [0.1, 0.15) is 10.6 Å². The summed E-state index contributed by atoms with van der Waals surface area (Å²) in [7, 11) is 0. The van der Waals surface area contributed by atoms with E-state index in [1.807, 2.05) is 30.3 Å². The zero-order chi connectivity index (χ0) is 17.5. The Balaban J connectivity index is 2.27. The summed E-state index contributed by atoms with van der Waals surface area (Å²) in [4.78, 5) is 30.5. The van der Waals surface area contributed by atoms with Crippen LogP contribution in [0.1, 0.15) is 17.4 Å². The van der Waals surface area contributed by atoms with Crippen LogP contribution >= 0.6 is 15.9 Å². The second kappa shape index (κ2) is 8.39. The second-order valence-electron chi connectivity index (χ2n) is 5.04. The molecule has 0 spiro atoms. The van der Waals surface area contributed by atoms with Crippen molar-refractivity contribution in [1.82, 2.24) is 15.3 Å². The van der Waals surface area contributed by atoms with Gasteiger partial charge < -0.3 is 16.4 Å². The van der Waals surface area contributed by atoms with Crippen molar-refractivity contribution in [2.24, 2.45) is 5.73 Å². The molecule has 2 aromatic rings. The van der Waals surface area contributed by atoms with E-state index < -0.39 is 10.7 Å². The van der Waals surface area contributed by atoms with E-state index in [-0.39, 0.29) is 5.91 Å². The number of amides is 2. The number of hydrogen-bond acceptors (Lipinski definition) is 5. The smallest absolute Gasteiger partial charge is 0.237 e. The molecule has 1 atom stereocenters. The molecule has 0 aliphatic rings. The lowest BCUT2D eigenvalue weighted by Crippen LogP contribution is -2.26. The molecule has 1 heterocycles. The number of alkyl halides is 1. The minimum atomic E-state index is -0.709. The lowest BCUT2D eigenvalue weighted by molar-refractivity contribution is -0.119. The Kier molecular flexibility index (Phi) is 6.25. The molecule has 0 aliphatic heterocycles. The van der Waals surface area contributed by atoms with Crippen LogP contribution in [0.2, 0.25) is 0 Å². The Morgan fingerprint density at radius 2 is 1.92 bits per heavy atom. The number of primary amides is 1. The van der Waals surface area contributed by atoms with Crippen LogP contribution in [0, 0.1) is 0 Å². The number of nitrogens with zero attached hydrogens (tertiary/aromatic N) is 2. The molecule has 0 saturated heterocycles. The molecule has 8 heteroatoms. The fraction of sp³-hybridized carbons (Fsp3) is 0.250. The van der Waals surface area contributed by atoms with Crippen LogP contribution in [0.5, 0.6) is 0 Å². The Morgan fingerprint density at radius 1 is 1.21 bits per heavy atom. The fourth-order valence-electron chi connectivity index (χ4n) is 1.98. The van der Waals surface area contributed by atoms with Gasteiger partial charge in [-0.1, -0.05) is 46.3 Å². The number of carbonyl (C=O) groups is 2. The van der Waals surface area contributed by atoms with Gasteiger partial charge in [-0.2, -0.15) is 0 Å². The summed E-state index contributed by atoms with van der Waals surface area (Å²) < 4.78 is 0. The molecule has 2 amide bonds. The summed E-state index contributed by atoms with van der Waals surface area (Å²) in [6, 6.07) is 11.1. The van der Waals surface area contributed by atoms with Gasteiger partial charge in [0, 0.05) is 31.6 Å². The van der Waals surface area contributed by atoms with Gasteiger partial charge in [-0.05, 0) is 0 Å². The Labute approximate surface area is 148 Å². The molecule has 24 heavy (non-hydrogen) atoms. The fourth-order valence-corrected chi connectivity index (χ4v) is 2.21. The lowest BCUT2D eigenvalue weighted by atomic mass is 10.2. The first-order chi connectivity index (χ1) is 11.5. The Hall–Kier alpha value is -2.48. The second-order valence-corrected chi connectivity index (χ2v) is 5.96. The predicted molar refractivity (Wildman–Crippen MR) is 95.5 cm³/mol. The van der Waals surface area contributed by atoms with E-state index in [0.717, 1.165) is 5.56 Å².